The van der Waals surface area contributed by atoms with Crippen molar-refractivity contribution in [1.29, 1.82) is 0 Å². The Balaban J connectivity index is 1.88. The van der Waals surface area contributed by atoms with Crippen molar-refractivity contribution in [3.05, 3.63) is 59.7 Å². The number of phenolic OH excluding ortho intramolecular Hbond substituents is 1. The Morgan fingerprint density at radius 1 is 1.12 bits per heavy atom. The third-order valence-electron chi connectivity index (χ3n) is 4.28. The second-order valence-corrected chi connectivity index (χ2v) is 6.16. The summed E-state index contributed by atoms with van der Waals surface area (Å²) in [5, 5.41) is 13.5. The van der Waals surface area contributed by atoms with Gasteiger partial charge in [0, 0.05) is 0 Å². The molecule has 2 N–H and O–H groups in total. The molecule has 0 radical (unpaired) electrons. The van der Waals surface area contributed by atoms with Gasteiger partial charge >= 0.3 is 0 Å². The number of hydrogen-bond donors (Lipinski definition) is 2. The largest absolute Gasteiger partial charge is 0.508 e. The lowest BCUT2D eigenvalue weighted by Crippen LogP contribution is -2.26. The van der Waals surface area contributed by atoms with Gasteiger partial charge in [0.15, 0.2) is 6.61 Å². The van der Waals surface area contributed by atoms with E-state index in [1.165, 1.54) is 5.56 Å². The van der Waals surface area contributed by atoms with E-state index in [0.717, 1.165) is 17.7 Å². The van der Waals surface area contributed by atoms with Gasteiger partial charge in [-0.25, -0.2) is 5.43 Å². The summed E-state index contributed by atoms with van der Waals surface area (Å²) in [5.41, 5.74) is 5.36. The highest BCUT2D eigenvalue weighted by Gasteiger charge is 2.06. The number of nitrogens with one attached hydrogen (secondary N) is 1. The Kier molecular flexibility index (Phi) is 7.21. The van der Waals surface area contributed by atoms with Crippen LogP contribution in [0, 0.1) is 0 Å². The summed E-state index contributed by atoms with van der Waals surface area (Å²) < 4.78 is 5.51. The summed E-state index contributed by atoms with van der Waals surface area (Å²) in [6.45, 7) is 6.19. The van der Waals surface area contributed by atoms with Crippen molar-refractivity contribution >= 4 is 11.6 Å². The van der Waals surface area contributed by atoms with Crippen LogP contribution in [0.3, 0.4) is 0 Å². The van der Waals surface area contributed by atoms with E-state index < -0.39 is 0 Å². The summed E-state index contributed by atoms with van der Waals surface area (Å²) in [5.74, 6) is 1.04. The van der Waals surface area contributed by atoms with Crippen LogP contribution in [0.2, 0.25) is 0 Å². The van der Waals surface area contributed by atoms with Crippen molar-refractivity contribution in [1.82, 2.24) is 5.43 Å². The van der Waals surface area contributed by atoms with Crippen LogP contribution < -0.4 is 10.2 Å². The van der Waals surface area contributed by atoms with E-state index in [1.54, 1.807) is 24.3 Å². The first kappa shape index (κ1) is 19.5. The van der Waals surface area contributed by atoms with E-state index in [4.69, 9.17) is 4.74 Å². The molecule has 0 saturated carbocycles. The summed E-state index contributed by atoms with van der Waals surface area (Å²) >= 11 is 0. The van der Waals surface area contributed by atoms with Crippen molar-refractivity contribution in [3.8, 4) is 11.5 Å². The first-order valence-corrected chi connectivity index (χ1v) is 8.91. The van der Waals surface area contributed by atoms with Crippen LogP contribution in [0.1, 0.15) is 50.7 Å². The van der Waals surface area contributed by atoms with Gasteiger partial charge in [0.25, 0.3) is 5.91 Å². The molecule has 0 aliphatic carbocycles. The second kappa shape index (κ2) is 9.61. The fourth-order valence-electron chi connectivity index (χ4n) is 2.44. The van der Waals surface area contributed by atoms with E-state index in [0.29, 0.717) is 18.1 Å². The smallest absolute Gasteiger partial charge is 0.277 e. The number of hydrazone groups is 1. The van der Waals surface area contributed by atoms with Crippen LogP contribution in [0.15, 0.2) is 53.6 Å². The van der Waals surface area contributed by atoms with Crippen LogP contribution in [0.25, 0.3) is 0 Å². The number of hydrogen-bond acceptors (Lipinski definition) is 4. The average molecular weight is 354 g/mol. The number of phenols is 1. The maximum absolute atomic E-state index is 12.0. The number of aromatic hydroxyl groups is 1. The number of ether oxygens (including phenoxy) is 1. The van der Waals surface area contributed by atoms with Gasteiger partial charge in [-0.05, 0) is 66.3 Å². The van der Waals surface area contributed by atoms with Crippen molar-refractivity contribution in [2.75, 3.05) is 6.61 Å². The van der Waals surface area contributed by atoms with Gasteiger partial charge < -0.3 is 9.84 Å². The highest BCUT2D eigenvalue weighted by Crippen LogP contribution is 2.21. The number of carbonyl (C=O) groups excluding carboxylic acids is 1. The molecule has 0 spiro atoms. The zero-order valence-corrected chi connectivity index (χ0v) is 15.5. The summed E-state index contributed by atoms with van der Waals surface area (Å²) in [4.78, 5) is 12.0. The predicted molar refractivity (Wildman–Crippen MR) is 104 cm³/mol. The van der Waals surface area contributed by atoms with Crippen LogP contribution in [-0.2, 0) is 4.79 Å². The van der Waals surface area contributed by atoms with Gasteiger partial charge in [0.2, 0.25) is 0 Å². The summed E-state index contributed by atoms with van der Waals surface area (Å²) in [6, 6.07) is 14.5. The zero-order chi connectivity index (χ0) is 18.9. The third kappa shape index (κ3) is 5.62. The van der Waals surface area contributed by atoms with E-state index >= 15 is 0 Å². The highest BCUT2D eigenvalue weighted by atomic mass is 16.5. The molecule has 1 amide bonds. The fourth-order valence-corrected chi connectivity index (χ4v) is 2.44. The molecule has 0 aromatic heterocycles. The average Bonchev–Trinajstić information content (AvgIpc) is 2.68. The maximum Gasteiger partial charge on any atom is 0.277 e. The van der Waals surface area contributed by atoms with Crippen LogP contribution >= 0.6 is 0 Å². The molecular formula is C21H26N2O3. The van der Waals surface area contributed by atoms with Gasteiger partial charge in [0.1, 0.15) is 11.5 Å². The lowest BCUT2D eigenvalue weighted by molar-refractivity contribution is -0.123. The molecule has 26 heavy (non-hydrogen) atoms. The molecule has 1 atom stereocenters. The van der Waals surface area contributed by atoms with Crippen LogP contribution in [0.4, 0.5) is 0 Å². The molecule has 2 aromatic carbocycles. The Labute approximate surface area is 154 Å². The van der Waals surface area contributed by atoms with Crippen LogP contribution in [-0.4, -0.2) is 23.3 Å². The minimum absolute atomic E-state index is 0.0985. The number of benzene rings is 2. The normalized spacial score (nSPS) is 12.5. The van der Waals surface area contributed by atoms with E-state index in [1.807, 2.05) is 31.2 Å². The van der Waals surface area contributed by atoms with E-state index in [-0.39, 0.29) is 18.3 Å². The summed E-state index contributed by atoms with van der Waals surface area (Å²) in [7, 11) is 0. The van der Waals surface area contributed by atoms with Crippen LogP contribution in [0.5, 0.6) is 11.5 Å². The minimum Gasteiger partial charge on any atom is -0.508 e. The third-order valence-corrected chi connectivity index (χ3v) is 4.28. The standard InChI is InChI=1S/C21H26N2O3/c1-4-15(3)16-8-12-19(13-9-16)26-14-21(25)23-22-20(5-2)17-6-10-18(24)11-7-17/h6-13,15,24H,4-5,14H2,1-3H3,(H,23,25). The van der Waals surface area contributed by atoms with Gasteiger partial charge in [0.05, 0.1) is 5.71 Å². The molecule has 138 valence electrons. The Morgan fingerprint density at radius 2 is 1.77 bits per heavy atom. The lowest BCUT2D eigenvalue weighted by atomic mass is 9.99. The number of amides is 1. The molecule has 2 aromatic rings. The molecule has 0 aliphatic heterocycles. The minimum atomic E-state index is -0.319. The first-order chi connectivity index (χ1) is 12.5. The number of rotatable bonds is 8. The molecule has 5 heteroatoms. The lowest BCUT2D eigenvalue weighted by Gasteiger charge is -2.10. The zero-order valence-electron chi connectivity index (χ0n) is 15.5. The van der Waals surface area contributed by atoms with Crippen molar-refractivity contribution in [2.24, 2.45) is 5.10 Å². The predicted octanol–water partition coefficient (Wildman–Crippen LogP) is 4.22. The molecule has 0 bridgehead atoms. The van der Waals surface area contributed by atoms with Crippen molar-refractivity contribution in [3.63, 3.8) is 0 Å². The van der Waals surface area contributed by atoms with Crippen molar-refractivity contribution in [2.45, 2.75) is 39.5 Å². The van der Waals surface area contributed by atoms with Crippen molar-refractivity contribution < 1.29 is 14.6 Å². The van der Waals surface area contributed by atoms with E-state index in [2.05, 4.69) is 24.4 Å². The molecule has 0 saturated heterocycles. The molecule has 2 rings (SSSR count). The molecular weight excluding hydrogens is 328 g/mol. The first-order valence-electron chi connectivity index (χ1n) is 8.91. The Morgan fingerprint density at radius 3 is 2.35 bits per heavy atom. The fraction of sp³-hybridized carbons (Fsp3) is 0.333. The quantitative estimate of drug-likeness (QED) is 0.551. The SMILES string of the molecule is CCC(=NNC(=O)COc1ccc(C(C)CC)cc1)c1ccc(O)cc1. The summed E-state index contributed by atoms with van der Waals surface area (Å²) in [6.07, 6.45) is 1.74. The van der Waals surface area contributed by atoms with Gasteiger partial charge in [-0.1, -0.05) is 32.9 Å². The molecule has 0 heterocycles. The topological polar surface area (TPSA) is 70.9 Å². The molecule has 0 fully saturated rings. The van der Waals surface area contributed by atoms with Gasteiger partial charge in [-0.3, -0.25) is 4.79 Å². The van der Waals surface area contributed by atoms with Gasteiger partial charge in [-0.2, -0.15) is 5.10 Å². The molecule has 0 aliphatic rings. The Bertz CT molecular complexity index is 737. The maximum atomic E-state index is 12.0. The highest BCUT2D eigenvalue weighted by molar-refractivity contribution is 6.01. The van der Waals surface area contributed by atoms with E-state index in [9.17, 15) is 9.90 Å². The number of nitrogens with zero attached hydrogens (tertiary/aromatic N) is 1. The molecule has 5 nitrogen and oxygen atoms in total. The second-order valence-electron chi connectivity index (χ2n) is 6.16. The number of carbonyl (C=O) groups is 1. The Hall–Kier alpha value is -2.82. The monoisotopic (exact) mass is 354 g/mol. The van der Waals surface area contributed by atoms with Gasteiger partial charge in [-0.15, -0.1) is 0 Å². The molecule has 1 unspecified atom stereocenters.